The van der Waals surface area contributed by atoms with Gasteiger partial charge >= 0.3 is 0 Å². The van der Waals surface area contributed by atoms with E-state index in [0.717, 1.165) is 30.5 Å². The van der Waals surface area contributed by atoms with Crippen LogP contribution in [0.15, 0.2) is 59.6 Å². The van der Waals surface area contributed by atoms with Crippen LogP contribution in [0, 0.1) is 0 Å². The molecule has 1 atom stereocenters. The minimum absolute atomic E-state index is 0.255. The van der Waals surface area contributed by atoms with Gasteiger partial charge in [-0.2, -0.15) is 0 Å². The van der Waals surface area contributed by atoms with Gasteiger partial charge in [0.05, 0.1) is 0 Å². The van der Waals surface area contributed by atoms with E-state index in [2.05, 4.69) is 19.1 Å². The van der Waals surface area contributed by atoms with E-state index in [1.165, 1.54) is 37.2 Å². The predicted octanol–water partition coefficient (Wildman–Crippen LogP) is 5.58. The number of hydroxylamine groups is 2. The van der Waals surface area contributed by atoms with Crippen LogP contribution in [0.2, 0.25) is 0 Å². The van der Waals surface area contributed by atoms with E-state index in [1.54, 1.807) is 6.08 Å². The van der Waals surface area contributed by atoms with E-state index in [1.807, 2.05) is 24.3 Å². The molecule has 0 bridgehead atoms. The maximum Gasteiger partial charge on any atom is 0.123 e. The Balaban J connectivity index is 1.73. The van der Waals surface area contributed by atoms with E-state index >= 15 is 0 Å². The van der Waals surface area contributed by atoms with Crippen LogP contribution in [0.25, 0.3) is 0 Å². The smallest absolute Gasteiger partial charge is 0.123 e. The Morgan fingerprint density at radius 1 is 1.09 bits per heavy atom. The first-order valence-electron chi connectivity index (χ1n) is 8.85. The Morgan fingerprint density at radius 2 is 1.87 bits per heavy atom. The SMILES string of the molecule is CCCCCCC=CCCCC1=CC(O)=C2C=CC=CC2N1O. The molecule has 23 heavy (non-hydrogen) atoms. The van der Waals surface area contributed by atoms with Gasteiger partial charge in [0.1, 0.15) is 11.8 Å². The minimum atomic E-state index is -0.255. The zero-order valence-corrected chi connectivity index (χ0v) is 14.1. The van der Waals surface area contributed by atoms with Gasteiger partial charge in [-0.15, -0.1) is 0 Å². The van der Waals surface area contributed by atoms with Crippen LogP contribution < -0.4 is 0 Å². The molecular weight excluding hydrogens is 286 g/mol. The van der Waals surface area contributed by atoms with Crippen molar-refractivity contribution in [1.82, 2.24) is 5.06 Å². The van der Waals surface area contributed by atoms with Crippen LogP contribution in [0.1, 0.15) is 58.3 Å². The van der Waals surface area contributed by atoms with E-state index in [-0.39, 0.29) is 11.8 Å². The van der Waals surface area contributed by atoms with Gasteiger partial charge in [-0.05, 0) is 32.1 Å². The molecular formula is C20H29NO2. The molecule has 0 radical (unpaired) electrons. The fourth-order valence-corrected chi connectivity index (χ4v) is 2.98. The second-order valence-electron chi connectivity index (χ2n) is 6.22. The number of hydrogen-bond acceptors (Lipinski definition) is 3. The lowest BCUT2D eigenvalue weighted by Gasteiger charge is -2.33. The Morgan fingerprint density at radius 3 is 2.65 bits per heavy atom. The number of aliphatic hydroxyl groups excluding tert-OH is 1. The summed E-state index contributed by atoms with van der Waals surface area (Å²) in [6.45, 7) is 2.23. The van der Waals surface area contributed by atoms with E-state index in [9.17, 15) is 10.3 Å². The van der Waals surface area contributed by atoms with Gasteiger partial charge < -0.3 is 5.11 Å². The fourth-order valence-electron chi connectivity index (χ4n) is 2.98. The van der Waals surface area contributed by atoms with Crippen LogP contribution >= 0.6 is 0 Å². The summed E-state index contributed by atoms with van der Waals surface area (Å²) in [5, 5.41) is 21.7. The molecule has 2 N–H and O–H groups in total. The summed E-state index contributed by atoms with van der Waals surface area (Å²) in [6.07, 6.45) is 22.8. The van der Waals surface area contributed by atoms with Crippen LogP contribution in [0.5, 0.6) is 0 Å². The van der Waals surface area contributed by atoms with Crippen molar-refractivity contribution >= 4 is 0 Å². The molecule has 3 nitrogen and oxygen atoms in total. The lowest BCUT2D eigenvalue weighted by Crippen LogP contribution is -2.35. The molecule has 1 heterocycles. The molecule has 1 aliphatic carbocycles. The molecule has 0 aromatic carbocycles. The molecule has 0 amide bonds. The summed E-state index contributed by atoms with van der Waals surface area (Å²) < 4.78 is 0. The molecule has 0 spiro atoms. The predicted molar refractivity (Wildman–Crippen MR) is 95.2 cm³/mol. The van der Waals surface area contributed by atoms with Crippen LogP contribution in [0.3, 0.4) is 0 Å². The second kappa shape index (κ2) is 9.41. The van der Waals surface area contributed by atoms with Crippen LogP contribution in [0.4, 0.5) is 0 Å². The Kier molecular flexibility index (Phi) is 7.21. The van der Waals surface area contributed by atoms with Crippen molar-refractivity contribution in [3.8, 4) is 0 Å². The Hall–Kier alpha value is -1.74. The molecule has 126 valence electrons. The number of aliphatic hydroxyl groups is 1. The molecule has 0 aromatic heterocycles. The third-order valence-corrected chi connectivity index (χ3v) is 4.35. The largest absolute Gasteiger partial charge is 0.508 e. The maximum absolute atomic E-state index is 10.3. The van der Waals surface area contributed by atoms with Crippen molar-refractivity contribution in [2.45, 2.75) is 64.3 Å². The van der Waals surface area contributed by atoms with Gasteiger partial charge in [0.15, 0.2) is 0 Å². The molecule has 0 saturated carbocycles. The lowest BCUT2D eigenvalue weighted by atomic mass is 9.95. The van der Waals surface area contributed by atoms with Gasteiger partial charge in [0, 0.05) is 17.3 Å². The van der Waals surface area contributed by atoms with Gasteiger partial charge in [0.2, 0.25) is 0 Å². The molecule has 2 aliphatic rings. The highest BCUT2D eigenvalue weighted by molar-refractivity contribution is 5.44. The fraction of sp³-hybridized carbons (Fsp3) is 0.500. The summed E-state index contributed by atoms with van der Waals surface area (Å²) in [5.74, 6) is 0.266. The van der Waals surface area contributed by atoms with Crippen molar-refractivity contribution in [2.75, 3.05) is 0 Å². The second-order valence-corrected chi connectivity index (χ2v) is 6.22. The molecule has 2 rings (SSSR count). The summed E-state index contributed by atoms with van der Waals surface area (Å²) in [6, 6.07) is -0.255. The Bertz CT molecular complexity index is 526. The van der Waals surface area contributed by atoms with Gasteiger partial charge in [-0.3, -0.25) is 5.21 Å². The summed E-state index contributed by atoms with van der Waals surface area (Å²) in [4.78, 5) is 0. The van der Waals surface area contributed by atoms with Gasteiger partial charge in [-0.25, -0.2) is 5.06 Å². The standard InChI is InChI=1S/C20H29NO2/c1-2-3-4-5-6-7-8-9-10-13-17-16-20(22)18-14-11-12-15-19(18)21(17)23/h7-8,11-12,14-16,19,22-23H,2-6,9-10,13H2,1H3. The molecule has 1 aliphatic heterocycles. The van der Waals surface area contributed by atoms with Crippen molar-refractivity contribution in [3.63, 3.8) is 0 Å². The average molecular weight is 315 g/mol. The molecule has 0 saturated heterocycles. The zero-order valence-electron chi connectivity index (χ0n) is 14.1. The Labute approximate surface area is 140 Å². The number of allylic oxidation sites excluding steroid dienone is 6. The number of rotatable bonds is 9. The topological polar surface area (TPSA) is 43.7 Å². The highest BCUT2D eigenvalue weighted by atomic mass is 16.5. The van der Waals surface area contributed by atoms with Crippen molar-refractivity contribution in [2.24, 2.45) is 0 Å². The monoisotopic (exact) mass is 315 g/mol. The van der Waals surface area contributed by atoms with E-state index in [4.69, 9.17) is 0 Å². The first-order chi connectivity index (χ1) is 11.2. The number of fused-ring (bicyclic) bond motifs is 1. The maximum atomic E-state index is 10.3. The first kappa shape index (κ1) is 17.6. The number of nitrogens with zero attached hydrogens (tertiary/aromatic N) is 1. The third kappa shape index (κ3) is 5.14. The van der Waals surface area contributed by atoms with Gasteiger partial charge in [-0.1, -0.05) is 62.6 Å². The summed E-state index contributed by atoms with van der Waals surface area (Å²) >= 11 is 0. The van der Waals surface area contributed by atoms with Gasteiger partial charge in [0.25, 0.3) is 0 Å². The van der Waals surface area contributed by atoms with Crippen molar-refractivity contribution in [1.29, 1.82) is 0 Å². The summed E-state index contributed by atoms with van der Waals surface area (Å²) in [5.41, 5.74) is 1.54. The first-order valence-corrected chi connectivity index (χ1v) is 8.85. The highest BCUT2D eigenvalue weighted by Crippen LogP contribution is 2.30. The molecule has 0 fully saturated rings. The number of hydrogen-bond donors (Lipinski definition) is 2. The minimum Gasteiger partial charge on any atom is -0.508 e. The average Bonchev–Trinajstić information content (AvgIpc) is 2.57. The normalized spacial score (nSPS) is 20.3. The number of unbranched alkanes of at least 4 members (excludes halogenated alkanes) is 5. The molecule has 3 heteroatoms. The third-order valence-electron chi connectivity index (χ3n) is 4.35. The molecule has 0 aromatic rings. The van der Waals surface area contributed by atoms with Crippen LogP contribution in [-0.4, -0.2) is 21.4 Å². The van der Waals surface area contributed by atoms with Crippen molar-refractivity contribution < 1.29 is 10.3 Å². The zero-order chi connectivity index (χ0) is 16.5. The van der Waals surface area contributed by atoms with Crippen molar-refractivity contribution in [3.05, 3.63) is 59.6 Å². The molecule has 1 unspecified atom stereocenters. The summed E-state index contributed by atoms with van der Waals surface area (Å²) in [7, 11) is 0. The van der Waals surface area contributed by atoms with E-state index in [0.29, 0.717) is 0 Å². The quantitative estimate of drug-likeness (QED) is 0.431. The van der Waals surface area contributed by atoms with E-state index < -0.39 is 0 Å². The highest BCUT2D eigenvalue weighted by Gasteiger charge is 2.27. The van der Waals surface area contributed by atoms with Crippen LogP contribution in [-0.2, 0) is 0 Å². The lowest BCUT2D eigenvalue weighted by molar-refractivity contribution is -0.0745.